The Morgan fingerprint density at radius 2 is 2.00 bits per heavy atom. The number of nitrogens with one attached hydrogen (secondary N) is 2. The second kappa shape index (κ2) is 8.28. The van der Waals surface area contributed by atoms with E-state index in [2.05, 4.69) is 10.6 Å². The summed E-state index contributed by atoms with van der Waals surface area (Å²) in [6.07, 6.45) is 1.55. The third-order valence-corrected chi connectivity index (χ3v) is 7.87. The number of benzene rings is 1. The molecule has 27 heavy (non-hydrogen) atoms. The van der Waals surface area contributed by atoms with Crippen molar-refractivity contribution in [3.8, 4) is 0 Å². The summed E-state index contributed by atoms with van der Waals surface area (Å²) in [5.74, 6) is -0.301. The van der Waals surface area contributed by atoms with Gasteiger partial charge < -0.3 is 10.6 Å². The van der Waals surface area contributed by atoms with Crippen molar-refractivity contribution in [1.29, 1.82) is 0 Å². The van der Waals surface area contributed by atoms with Gasteiger partial charge in [0.25, 0.3) is 5.91 Å². The van der Waals surface area contributed by atoms with Crippen molar-refractivity contribution in [3.63, 3.8) is 0 Å². The van der Waals surface area contributed by atoms with E-state index in [1.165, 1.54) is 21.2 Å². The van der Waals surface area contributed by atoms with Gasteiger partial charge in [0.2, 0.25) is 10.0 Å². The monoisotopic (exact) mass is 427 g/mol. The summed E-state index contributed by atoms with van der Waals surface area (Å²) in [5.41, 5.74) is 2.22. The van der Waals surface area contributed by atoms with Gasteiger partial charge in [-0.2, -0.15) is 4.31 Å². The Kier molecular flexibility index (Phi) is 6.22. The number of carbonyl (C=O) groups excluding carboxylic acids is 1. The lowest BCUT2D eigenvalue weighted by Gasteiger charge is -2.28. The van der Waals surface area contributed by atoms with Crippen LogP contribution in [0.3, 0.4) is 0 Å². The third kappa shape index (κ3) is 4.05. The molecular formula is C18H22ClN3O3S2. The number of halogens is 1. The maximum absolute atomic E-state index is 13.2. The lowest BCUT2D eigenvalue weighted by atomic mass is 10.0. The topological polar surface area (TPSA) is 78.5 Å². The number of hydrogen-bond donors (Lipinski definition) is 2. The summed E-state index contributed by atoms with van der Waals surface area (Å²) >= 11 is 1.18. The van der Waals surface area contributed by atoms with Gasteiger partial charge in [-0.25, -0.2) is 8.42 Å². The molecule has 2 N–H and O–H groups in total. The lowest BCUT2D eigenvalue weighted by molar-refractivity contribution is 0.0941. The van der Waals surface area contributed by atoms with Crippen molar-refractivity contribution < 1.29 is 13.2 Å². The molecule has 1 aromatic carbocycles. The second-order valence-corrected chi connectivity index (χ2v) is 9.46. The molecule has 6 nitrogen and oxygen atoms in total. The highest BCUT2D eigenvalue weighted by atomic mass is 35.5. The van der Waals surface area contributed by atoms with E-state index in [4.69, 9.17) is 0 Å². The molecule has 9 heteroatoms. The summed E-state index contributed by atoms with van der Waals surface area (Å²) in [5, 5.41) is 7.80. The third-order valence-electron chi connectivity index (χ3n) is 4.94. The molecule has 1 saturated heterocycles. The van der Waals surface area contributed by atoms with Crippen LogP contribution in [0.5, 0.6) is 0 Å². The zero-order valence-electron chi connectivity index (χ0n) is 14.7. The minimum absolute atomic E-state index is 0. The van der Waals surface area contributed by atoms with Crippen molar-refractivity contribution in [2.45, 2.75) is 30.3 Å². The van der Waals surface area contributed by atoms with Crippen LogP contribution in [0.1, 0.15) is 27.2 Å². The molecule has 2 aromatic rings. The highest BCUT2D eigenvalue weighted by Crippen LogP contribution is 2.29. The quantitative estimate of drug-likeness (QED) is 0.782. The number of carbonyl (C=O) groups is 1. The molecule has 0 saturated carbocycles. The van der Waals surface area contributed by atoms with E-state index in [1.807, 2.05) is 24.3 Å². The largest absolute Gasteiger partial charge is 0.347 e. The van der Waals surface area contributed by atoms with Gasteiger partial charge in [-0.15, -0.1) is 23.7 Å². The van der Waals surface area contributed by atoms with E-state index >= 15 is 0 Å². The Labute approximate surface area is 169 Å². The van der Waals surface area contributed by atoms with E-state index in [0.717, 1.165) is 25.1 Å². The maximum Gasteiger partial charge on any atom is 0.263 e. The van der Waals surface area contributed by atoms with E-state index < -0.39 is 10.0 Å². The molecule has 4 rings (SSSR count). The van der Waals surface area contributed by atoms with Gasteiger partial charge in [0, 0.05) is 25.7 Å². The second-order valence-electron chi connectivity index (χ2n) is 6.63. The van der Waals surface area contributed by atoms with Crippen LogP contribution in [0.2, 0.25) is 0 Å². The molecule has 3 heterocycles. The molecule has 0 bridgehead atoms. The molecule has 0 aliphatic carbocycles. The number of fused-ring (bicyclic) bond motifs is 1. The average Bonchev–Trinajstić information content (AvgIpc) is 3.33. The minimum Gasteiger partial charge on any atom is -0.347 e. The predicted octanol–water partition coefficient (Wildman–Crippen LogP) is 2.01. The van der Waals surface area contributed by atoms with E-state index in [1.54, 1.807) is 11.4 Å². The fraction of sp³-hybridized carbons (Fsp3) is 0.389. The Bertz CT molecular complexity index is 923. The SMILES string of the molecule is Cl.O=C(NC1CCNC1)c1sccc1S(=O)(=O)N1CCc2ccccc2C1. The average molecular weight is 428 g/mol. The molecule has 146 valence electrons. The number of hydrogen-bond acceptors (Lipinski definition) is 5. The normalized spacial score (nSPS) is 19.9. The van der Waals surface area contributed by atoms with Gasteiger partial charge in [-0.3, -0.25) is 4.79 Å². The smallest absolute Gasteiger partial charge is 0.263 e. The summed E-state index contributed by atoms with van der Waals surface area (Å²) in [6.45, 7) is 2.38. The van der Waals surface area contributed by atoms with Crippen molar-refractivity contribution in [2.24, 2.45) is 0 Å². The van der Waals surface area contributed by atoms with Crippen LogP contribution in [0.25, 0.3) is 0 Å². The number of thiophene rings is 1. The fourth-order valence-electron chi connectivity index (χ4n) is 3.51. The first-order valence-corrected chi connectivity index (χ1v) is 11.0. The van der Waals surface area contributed by atoms with Crippen molar-refractivity contribution in [2.75, 3.05) is 19.6 Å². The van der Waals surface area contributed by atoms with Crippen LogP contribution in [0.15, 0.2) is 40.6 Å². The van der Waals surface area contributed by atoms with Crippen LogP contribution in [0.4, 0.5) is 0 Å². The molecule has 1 amide bonds. The highest BCUT2D eigenvalue weighted by Gasteiger charge is 2.33. The lowest BCUT2D eigenvalue weighted by Crippen LogP contribution is -2.38. The van der Waals surface area contributed by atoms with Crippen molar-refractivity contribution in [3.05, 3.63) is 51.7 Å². The first-order valence-electron chi connectivity index (χ1n) is 8.72. The molecule has 2 aliphatic heterocycles. The van der Waals surface area contributed by atoms with Crippen LogP contribution in [0, 0.1) is 0 Å². The Morgan fingerprint density at radius 1 is 1.22 bits per heavy atom. The van der Waals surface area contributed by atoms with Crippen LogP contribution < -0.4 is 10.6 Å². The van der Waals surface area contributed by atoms with Crippen molar-refractivity contribution in [1.82, 2.24) is 14.9 Å². The van der Waals surface area contributed by atoms with Gasteiger partial charge >= 0.3 is 0 Å². The van der Waals surface area contributed by atoms with Crippen LogP contribution in [-0.2, 0) is 23.0 Å². The molecule has 1 aromatic heterocycles. The van der Waals surface area contributed by atoms with Gasteiger partial charge in [0.05, 0.1) is 0 Å². The zero-order chi connectivity index (χ0) is 18.1. The Balaban J connectivity index is 0.00000210. The zero-order valence-corrected chi connectivity index (χ0v) is 17.1. The molecule has 1 unspecified atom stereocenters. The van der Waals surface area contributed by atoms with E-state index in [9.17, 15) is 13.2 Å². The molecule has 0 radical (unpaired) electrons. The van der Waals surface area contributed by atoms with Gasteiger partial charge in [0.1, 0.15) is 9.77 Å². The molecule has 1 fully saturated rings. The molecule has 1 atom stereocenters. The summed E-state index contributed by atoms with van der Waals surface area (Å²) in [4.78, 5) is 13.0. The van der Waals surface area contributed by atoms with Gasteiger partial charge in [0.15, 0.2) is 0 Å². The predicted molar refractivity (Wildman–Crippen MR) is 108 cm³/mol. The highest BCUT2D eigenvalue weighted by molar-refractivity contribution is 7.89. The van der Waals surface area contributed by atoms with Crippen LogP contribution >= 0.6 is 23.7 Å². The number of sulfonamides is 1. The molecule has 0 spiro atoms. The molecule has 2 aliphatic rings. The summed E-state index contributed by atoms with van der Waals surface area (Å²) < 4.78 is 27.8. The summed E-state index contributed by atoms with van der Waals surface area (Å²) in [6, 6.07) is 9.50. The first-order chi connectivity index (χ1) is 12.6. The Morgan fingerprint density at radius 3 is 2.74 bits per heavy atom. The van der Waals surface area contributed by atoms with Gasteiger partial charge in [-0.05, 0) is 42.0 Å². The molecular weight excluding hydrogens is 406 g/mol. The number of amides is 1. The summed E-state index contributed by atoms with van der Waals surface area (Å²) in [7, 11) is -3.70. The standard InChI is InChI=1S/C18H21N3O3S2.ClH/c22-18(20-15-5-8-19-11-15)17-16(7-10-25-17)26(23,24)21-9-6-13-3-1-2-4-14(13)12-21;/h1-4,7,10,15,19H,5-6,8-9,11-12H2,(H,20,22);1H. The van der Waals surface area contributed by atoms with Gasteiger partial charge in [-0.1, -0.05) is 24.3 Å². The first kappa shape index (κ1) is 20.3. The maximum atomic E-state index is 13.2. The number of nitrogens with zero attached hydrogens (tertiary/aromatic N) is 1. The number of rotatable bonds is 4. The van der Waals surface area contributed by atoms with E-state index in [0.29, 0.717) is 19.5 Å². The van der Waals surface area contributed by atoms with Crippen LogP contribution in [-0.4, -0.2) is 44.3 Å². The Hall–Kier alpha value is -1.45. The fourth-order valence-corrected chi connectivity index (χ4v) is 6.23. The van der Waals surface area contributed by atoms with E-state index in [-0.39, 0.29) is 34.1 Å². The van der Waals surface area contributed by atoms with Crippen molar-refractivity contribution >= 4 is 39.7 Å². The minimum atomic E-state index is -3.70.